The molecule has 0 fully saturated rings. The van der Waals surface area contributed by atoms with Crippen molar-refractivity contribution in [2.45, 2.75) is 98.3 Å². The van der Waals surface area contributed by atoms with Gasteiger partial charge in [0.1, 0.15) is 0 Å². The topological polar surface area (TPSA) is 0 Å². The highest BCUT2D eigenvalue weighted by molar-refractivity contribution is 4.78. The van der Waals surface area contributed by atoms with Crippen LogP contribution in [-0.4, -0.2) is 0 Å². The first-order chi connectivity index (χ1) is 8.70. The summed E-state index contributed by atoms with van der Waals surface area (Å²) in [6.07, 6.45) is 18.1. The minimum absolute atomic E-state index is 0.826. The van der Waals surface area contributed by atoms with Gasteiger partial charge in [-0.1, -0.05) is 98.3 Å². The zero-order valence-corrected chi connectivity index (χ0v) is 13.5. The van der Waals surface area contributed by atoms with Crippen molar-refractivity contribution in [2.24, 2.45) is 11.8 Å². The van der Waals surface area contributed by atoms with E-state index in [2.05, 4.69) is 34.1 Å². The highest BCUT2D eigenvalue weighted by atomic mass is 14.1. The molecule has 0 N–H and O–H groups in total. The van der Waals surface area contributed by atoms with Gasteiger partial charge in [-0.2, -0.15) is 0 Å². The lowest BCUT2D eigenvalue weighted by Gasteiger charge is -2.16. The van der Waals surface area contributed by atoms with Crippen molar-refractivity contribution in [3.63, 3.8) is 0 Å². The van der Waals surface area contributed by atoms with Crippen LogP contribution in [0.15, 0.2) is 0 Å². The van der Waals surface area contributed by atoms with Gasteiger partial charge in [0, 0.05) is 0 Å². The van der Waals surface area contributed by atoms with Crippen molar-refractivity contribution in [2.75, 3.05) is 0 Å². The predicted molar refractivity (Wildman–Crippen MR) is 84.8 cm³/mol. The molecule has 0 aliphatic heterocycles. The maximum absolute atomic E-state index is 2.60. The summed E-state index contributed by atoms with van der Waals surface area (Å²) in [5.41, 5.74) is 0. The Hall–Kier alpha value is 0. The molecule has 0 spiro atoms. The summed E-state index contributed by atoms with van der Waals surface area (Å²) in [5, 5.41) is 0. The lowest BCUT2D eigenvalue weighted by Crippen LogP contribution is -2.04. The summed E-state index contributed by atoms with van der Waals surface area (Å²) < 4.78 is 0. The van der Waals surface area contributed by atoms with Crippen LogP contribution in [0.3, 0.4) is 0 Å². The van der Waals surface area contributed by atoms with Crippen molar-refractivity contribution in [3.05, 3.63) is 6.42 Å². The second-order valence-corrected chi connectivity index (χ2v) is 6.20. The second-order valence-electron chi connectivity index (χ2n) is 6.20. The van der Waals surface area contributed by atoms with Crippen LogP contribution in [0.4, 0.5) is 0 Å². The fourth-order valence-corrected chi connectivity index (χ4v) is 2.72. The SMILES string of the molecule is CCCCCCCCC(C)[CH]C(C)CCCCC. The van der Waals surface area contributed by atoms with Gasteiger partial charge in [0.05, 0.1) is 0 Å². The maximum atomic E-state index is 2.60. The first-order valence-corrected chi connectivity index (χ1v) is 8.55. The highest BCUT2D eigenvalue weighted by Crippen LogP contribution is 2.21. The van der Waals surface area contributed by atoms with Crippen molar-refractivity contribution in [1.82, 2.24) is 0 Å². The summed E-state index contributed by atoms with van der Waals surface area (Å²) in [5.74, 6) is 1.65. The Morgan fingerprint density at radius 3 is 1.56 bits per heavy atom. The standard InChI is InChI=1S/C18H37/c1-5-7-9-10-11-13-15-18(4)16-17(3)14-12-8-6-2/h16-18H,5-15H2,1-4H3. The van der Waals surface area contributed by atoms with E-state index >= 15 is 0 Å². The molecule has 18 heavy (non-hydrogen) atoms. The van der Waals surface area contributed by atoms with Crippen LogP contribution in [0.25, 0.3) is 0 Å². The van der Waals surface area contributed by atoms with Gasteiger partial charge in [-0.05, 0) is 18.3 Å². The van der Waals surface area contributed by atoms with Crippen LogP contribution in [0, 0.1) is 18.3 Å². The van der Waals surface area contributed by atoms with Gasteiger partial charge in [-0.15, -0.1) is 0 Å². The smallest absolute Gasteiger partial charge is 0.0329 e. The van der Waals surface area contributed by atoms with E-state index in [1.807, 2.05) is 0 Å². The molecule has 0 aromatic rings. The van der Waals surface area contributed by atoms with Crippen molar-refractivity contribution in [1.29, 1.82) is 0 Å². The molecule has 2 atom stereocenters. The minimum atomic E-state index is 0.826. The molecule has 0 aliphatic rings. The number of hydrogen-bond donors (Lipinski definition) is 0. The van der Waals surface area contributed by atoms with Crippen LogP contribution < -0.4 is 0 Å². The van der Waals surface area contributed by atoms with Gasteiger partial charge in [-0.25, -0.2) is 0 Å². The van der Waals surface area contributed by atoms with Crippen molar-refractivity contribution < 1.29 is 0 Å². The van der Waals surface area contributed by atoms with Crippen LogP contribution in [0.5, 0.6) is 0 Å². The van der Waals surface area contributed by atoms with Gasteiger partial charge in [-0.3, -0.25) is 0 Å². The van der Waals surface area contributed by atoms with E-state index in [0.29, 0.717) is 0 Å². The highest BCUT2D eigenvalue weighted by Gasteiger charge is 2.08. The largest absolute Gasteiger partial charge is 0.0654 e. The average molecular weight is 253 g/mol. The Kier molecular flexibility index (Phi) is 13.4. The Bertz CT molecular complexity index is 150. The summed E-state index contributed by atoms with van der Waals surface area (Å²) >= 11 is 0. The summed E-state index contributed by atoms with van der Waals surface area (Å²) in [7, 11) is 0. The number of hydrogen-bond acceptors (Lipinski definition) is 0. The summed E-state index contributed by atoms with van der Waals surface area (Å²) in [6.45, 7) is 9.38. The van der Waals surface area contributed by atoms with Crippen molar-refractivity contribution >= 4 is 0 Å². The minimum Gasteiger partial charge on any atom is -0.0654 e. The number of rotatable bonds is 13. The molecule has 0 saturated heterocycles. The maximum Gasteiger partial charge on any atom is -0.0329 e. The van der Waals surface area contributed by atoms with Gasteiger partial charge >= 0.3 is 0 Å². The molecule has 0 amide bonds. The quantitative estimate of drug-likeness (QED) is 0.317. The molecular formula is C18H37. The molecule has 0 rings (SSSR count). The molecule has 0 bridgehead atoms. The van der Waals surface area contributed by atoms with E-state index in [1.165, 1.54) is 70.6 Å². The van der Waals surface area contributed by atoms with E-state index in [0.717, 1.165) is 11.8 Å². The molecule has 0 aromatic heterocycles. The van der Waals surface area contributed by atoms with Crippen LogP contribution in [0.1, 0.15) is 98.3 Å². The van der Waals surface area contributed by atoms with Gasteiger partial charge in [0.15, 0.2) is 0 Å². The van der Waals surface area contributed by atoms with Gasteiger partial charge in [0.25, 0.3) is 0 Å². The Morgan fingerprint density at radius 2 is 1.00 bits per heavy atom. The Morgan fingerprint density at radius 1 is 0.611 bits per heavy atom. The summed E-state index contributed by atoms with van der Waals surface area (Å²) in [4.78, 5) is 0. The molecule has 0 heterocycles. The Labute approximate surface area is 117 Å². The number of unbranched alkanes of at least 4 members (excludes halogenated alkanes) is 7. The van der Waals surface area contributed by atoms with E-state index in [9.17, 15) is 0 Å². The predicted octanol–water partition coefficient (Wildman–Crippen LogP) is 6.79. The van der Waals surface area contributed by atoms with Crippen molar-refractivity contribution in [3.8, 4) is 0 Å². The molecule has 0 nitrogen and oxygen atoms in total. The normalized spacial score (nSPS) is 14.7. The Balaban J connectivity index is 3.32. The van der Waals surface area contributed by atoms with Crippen LogP contribution in [0.2, 0.25) is 0 Å². The zero-order valence-electron chi connectivity index (χ0n) is 13.5. The van der Waals surface area contributed by atoms with E-state index in [1.54, 1.807) is 0 Å². The molecule has 0 saturated carbocycles. The van der Waals surface area contributed by atoms with Crippen LogP contribution >= 0.6 is 0 Å². The molecule has 0 aromatic carbocycles. The molecule has 2 unspecified atom stereocenters. The van der Waals surface area contributed by atoms with Gasteiger partial charge in [0.2, 0.25) is 0 Å². The third kappa shape index (κ3) is 12.5. The molecule has 0 heteroatoms. The van der Waals surface area contributed by atoms with Crippen LogP contribution in [-0.2, 0) is 0 Å². The molecule has 0 aliphatic carbocycles. The van der Waals surface area contributed by atoms with Gasteiger partial charge < -0.3 is 0 Å². The van der Waals surface area contributed by atoms with E-state index in [4.69, 9.17) is 0 Å². The molecule has 109 valence electrons. The average Bonchev–Trinajstić information content (AvgIpc) is 2.34. The fourth-order valence-electron chi connectivity index (χ4n) is 2.72. The third-order valence-electron chi connectivity index (χ3n) is 3.93. The molecular weight excluding hydrogens is 216 g/mol. The lowest BCUT2D eigenvalue weighted by atomic mass is 9.89. The fraction of sp³-hybridized carbons (Fsp3) is 0.944. The zero-order chi connectivity index (χ0) is 13.6. The third-order valence-corrected chi connectivity index (χ3v) is 3.93. The first-order valence-electron chi connectivity index (χ1n) is 8.55. The second kappa shape index (κ2) is 13.4. The lowest BCUT2D eigenvalue weighted by molar-refractivity contribution is 0.453. The first kappa shape index (κ1) is 18.0. The van der Waals surface area contributed by atoms with E-state index < -0.39 is 0 Å². The summed E-state index contributed by atoms with van der Waals surface area (Å²) in [6, 6.07) is 0. The monoisotopic (exact) mass is 253 g/mol. The van der Waals surface area contributed by atoms with E-state index in [-0.39, 0.29) is 0 Å². The molecule has 1 radical (unpaired) electrons.